The second-order valence-corrected chi connectivity index (χ2v) is 6.70. The average Bonchev–Trinajstić information content (AvgIpc) is 3.01. The molecule has 1 saturated carbocycles. The summed E-state index contributed by atoms with van der Waals surface area (Å²) in [4.78, 5) is 10.8. The number of hydrogen-bond acceptors (Lipinski definition) is 4. The van der Waals surface area contributed by atoms with E-state index in [0.717, 1.165) is 12.8 Å². The fraction of sp³-hybridized carbons (Fsp3) is 0.769. The third-order valence-corrected chi connectivity index (χ3v) is 3.56. The van der Waals surface area contributed by atoms with E-state index in [2.05, 4.69) is 5.10 Å². The van der Waals surface area contributed by atoms with Crippen LogP contribution in [0.4, 0.5) is 11.5 Å². The molecule has 0 bridgehead atoms. The zero-order valence-electron chi connectivity index (χ0n) is 12.0. The van der Waals surface area contributed by atoms with E-state index in [-0.39, 0.29) is 23.0 Å². The fourth-order valence-electron chi connectivity index (χ4n) is 2.40. The Kier molecular flexibility index (Phi) is 3.28. The highest BCUT2D eigenvalue weighted by atomic mass is 16.6. The van der Waals surface area contributed by atoms with Gasteiger partial charge in [0.25, 0.3) is 0 Å². The van der Waals surface area contributed by atoms with Crippen molar-refractivity contribution in [2.75, 3.05) is 5.73 Å². The molecule has 6 heteroatoms. The van der Waals surface area contributed by atoms with Crippen molar-refractivity contribution in [3.8, 4) is 0 Å². The predicted molar refractivity (Wildman–Crippen MR) is 73.9 cm³/mol. The quantitative estimate of drug-likeness (QED) is 0.670. The molecule has 1 aliphatic rings. The van der Waals surface area contributed by atoms with Crippen molar-refractivity contribution in [3.63, 3.8) is 0 Å². The maximum Gasteiger partial charge on any atom is 0.333 e. The van der Waals surface area contributed by atoms with Gasteiger partial charge in [0.15, 0.2) is 0 Å². The molecule has 0 radical (unpaired) electrons. The van der Waals surface area contributed by atoms with Crippen LogP contribution in [0.3, 0.4) is 0 Å². The third-order valence-electron chi connectivity index (χ3n) is 3.56. The van der Waals surface area contributed by atoms with Crippen LogP contribution in [-0.2, 0) is 6.42 Å². The van der Waals surface area contributed by atoms with E-state index in [4.69, 9.17) is 5.73 Å². The predicted octanol–water partition coefficient (Wildman–Crippen LogP) is 2.93. The normalized spacial score (nSPS) is 17.5. The first-order chi connectivity index (χ1) is 8.70. The largest absolute Gasteiger partial charge is 0.378 e. The Hall–Kier alpha value is -1.59. The Morgan fingerprint density at radius 3 is 2.53 bits per heavy atom. The first-order valence-corrected chi connectivity index (χ1v) is 6.72. The third kappa shape index (κ3) is 2.88. The Balaban J connectivity index is 2.41. The molecule has 1 fully saturated rings. The Morgan fingerprint density at radius 2 is 2.11 bits per heavy atom. The SMILES string of the molecule is CC(C1CC1)n1nc(CC(C)(C)C)c([N+](=O)[O-])c1N. The van der Waals surface area contributed by atoms with Gasteiger partial charge >= 0.3 is 5.69 Å². The molecule has 1 aromatic rings. The number of aromatic nitrogens is 2. The van der Waals surface area contributed by atoms with Crippen LogP contribution in [-0.4, -0.2) is 14.7 Å². The van der Waals surface area contributed by atoms with Crippen molar-refractivity contribution < 1.29 is 4.92 Å². The van der Waals surface area contributed by atoms with E-state index >= 15 is 0 Å². The van der Waals surface area contributed by atoms with E-state index < -0.39 is 4.92 Å². The lowest BCUT2D eigenvalue weighted by Gasteiger charge is -2.15. The molecule has 1 unspecified atom stereocenters. The molecule has 1 aliphatic carbocycles. The van der Waals surface area contributed by atoms with Crippen LogP contribution in [0.1, 0.15) is 52.3 Å². The van der Waals surface area contributed by atoms with Gasteiger partial charge in [0.05, 0.1) is 11.0 Å². The van der Waals surface area contributed by atoms with E-state index in [9.17, 15) is 10.1 Å². The van der Waals surface area contributed by atoms with Crippen molar-refractivity contribution >= 4 is 11.5 Å². The summed E-state index contributed by atoms with van der Waals surface area (Å²) in [7, 11) is 0. The Labute approximate surface area is 113 Å². The number of nitrogen functional groups attached to an aromatic ring is 1. The van der Waals surface area contributed by atoms with Crippen LogP contribution in [0.2, 0.25) is 0 Å². The molecule has 0 saturated heterocycles. The average molecular weight is 266 g/mol. The molecule has 1 aromatic heterocycles. The monoisotopic (exact) mass is 266 g/mol. The molecule has 2 N–H and O–H groups in total. The summed E-state index contributed by atoms with van der Waals surface area (Å²) < 4.78 is 1.65. The molecule has 6 nitrogen and oxygen atoms in total. The smallest absolute Gasteiger partial charge is 0.333 e. The van der Waals surface area contributed by atoms with Gasteiger partial charge in [-0.15, -0.1) is 0 Å². The molecule has 19 heavy (non-hydrogen) atoms. The molecular formula is C13H22N4O2. The fourth-order valence-corrected chi connectivity index (χ4v) is 2.40. The summed E-state index contributed by atoms with van der Waals surface area (Å²) in [5.41, 5.74) is 6.38. The second-order valence-electron chi connectivity index (χ2n) is 6.70. The van der Waals surface area contributed by atoms with Gasteiger partial charge in [-0.25, -0.2) is 4.68 Å². The first kappa shape index (κ1) is 13.8. The minimum atomic E-state index is -0.403. The Bertz CT molecular complexity index is 497. The number of anilines is 1. The van der Waals surface area contributed by atoms with Crippen LogP contribution < -0.4 is 5.73 Å². The summed E-state index contributed by atoms with van der Waals surface area (Å²) in [6, 6.07) is 0.146. The second kappa shape index (κ2) is 4.51. The van der Waals surface area contributed by atoms with E-state index in [0.29, 0.717) is 18.0 Å². The van der Waals surface area contributed by atoms with Gasteiger partial charge < -0.3 is 5.73 Å². The zero-order chi connectivity index (χ0) is 14.4. The van der Waals surface area contributed by atoms with E-state index in [1.165, 1.54) is 0 Å². The van der Waals surface area contributed by atoms with Crippen molar-refractivity contribution in [3.05, 3.63) is 15.8 Å². The highest BCUT2D eigenvalue weighted by Crippen LogP contribution is 2.42. The molecule has 0 aliphatic heterocycles. The summed E-state index contributed by atoms with van der Waals surface area (Å²) in [5.74, 6) is 0.757. The number of hydrogen-bond donors (Lipinski definition) is 1. The molecular weight excluding hydrogens is 244 g/mol. The number of nitrogens with two attached hydrogens (primary N) is 1. The lowest BCUT2D eigenvalue weighted by Crippen LogP contribution is -2.13. The highest BCUT2D eigenvalue weighted by Gasteiger charge is 2.35. The van der Waals surface area contributed by atoms with Gasteiger partial charge in [0.1, 0.15) is 5.69 Å². The van der Waals surface area contributed by atoms with Gasteiger partial charge in [-0.1, -0.05) is 20.8 Å². The summed E-state index contributed by atoms with van der Waals surface area (Å²) in [6.45, 7) is 8.15. The van der Waals surface area contributed by atoms with Crippen LogP contribution in [0.25, 0.3) is 0 Å². The van der Waals surface area contributed by atoms with Crippen LogP contribution in [0.15, 0.2) is 0 Å². The molecule has 106 valence electrons. The van der Waals surface area contributed by atoms with Crippen molar-refractivity contribution in [2.45, 2.75) is 53.0 Å². The maximum atomic E-state index is 11.2. The molecule has 2 rings (SSSR count). The first-order valence-electron chi connectivity index (χ1n) is 6.72. The van der Waals surface area contributed by atoms with Gasteiger partial charge in [-0.2, -0.15) is 5.10 Å². The minimum absolute atomic E-state index is 0.0116. The summed E-state index contributed by atoms with van der Waals surface area (Å²) >= 11 is 0. The number of nitrogens with zero attached hydrogens (tertiary/aromatic N) is 3. The molecule has 0 spiro atoms. The molecule has 0 amide bonds. The zero-order valence-corrected chi connectivity index (χ0v) is 12.0. The van der Waals surface area contributed by atoms with Gasteiger partial charge in [0.2, 0.25) is 5.82 Å². The lowest BCUT2D eigenvalue weighted by atomic mass is 9.90. The molecule has 0 aromatic carbocycles. The van der Waals surface area contributed by atoms with Gasteiger partial charge in [-0.05, 0) is 31.1 Å². The van der Waals surface area contributed by atoms with Gasteiger partial charge in [0, 0.05) is 6.42 Å². The number of nitro groups is 1. The van der Waals surface area contributed by atoms with Crippen LogP contribution >= 0.6 is 0 Å². The topological polar surface area (TPSA) is 87.0 Å². The van der Waals surface area contributed by atoms with Crippen LogP contribution in [0, 0.1) is 21.4 Å². The Morgan fingerprint density at radius 1 is 1.53 bits per heavy atom. The van der Waals surface area contributed by atoms with Crippen molar-refractivity contribution in [1.29, 1.82) is 0 Å². The maximum absolute atomic E-state index is 11.2. The van der Waals surface area contributed by atoms with Crippen molar-refractivity contribution in [1.82, 2.24) is 9.78 Å². The molecule has 1 heterocycles. The minimum Gasteiger partial charge on any atom is -0.378 e. The standard InChI is InChI=1S/C13H22N4O2/c1-8(9-5-6-9)16-12(14)11(17(18)19)10(15-16)7-13(2,3)4/h8-9H,5-7,14H2,1-4H3. The van der Waals surface area contributed by atoms with E-state index in [1.807, 2.05) is 27.7 Å². The summed E-state index contributed by atoms with van der Waals surface area (Å²) in [5, 5.41) is 15.6. The highest BCUT2D eigenvalue weighted by molar-refractivity contribution is 5.57. The van der Waals surface area contributed by atoms with Crippen LogP contribution in [0.5, 0.6) is 0 Å². The van der Waals surface area contributed by atoms with Crippen molar-refractivity contribution in [2.24, 2.45) is 11.3 Å². The lowest BCUT2D eigenvalue weighted by molar-refractivity contribution is -0.384. The number of rotatable bonds is 4. The molecule has 1 atom stereocenters. The van der Waals surface area contributed by atoms with E-state index in [1.54, 1.807) is 4.68 Å². The van der Waals surface area contributed by atoms with Gasteiger partial charge in [-0.3, -0.25) is 10.1 Å². The summed E-state index contributed by atoms with van der Waals surface area (Å²) in [6.07, 6.45) is 2.86.